The molecule has 18 heavy (non-hydrogen) atoms. The highest BCUT2D eigenvalue weighted by Crippen LogP contribution is 2.25. The Morgan fingerprint density at radius 3 is 2.72 bits per heavy atom. The van der Waals surface area contributed by atoms with Crippen LogP contribution in [0.1, 0.15) is 29.6 Å². The summed E-state index contributed by atoms with van der Waals surface area (Å²) in [6.07, 6.45) is 2.44. The number of rotatable bonds is 6. The predicted octanol–water partition coefficient (Wildman–Crippen LogP) is 1.21. The topological polar surface area (TPSA) is 86.8 Å². The maximum atomic E-state index is 12.0. The molecule has 0 spiro atoms. The number of hydrogen-bond donors (Lipinski definition) is 3. The fourth-order valence-electron chi connectivity index (χ4n) is 1.68. The molecule has 5 nitrogen and oxygen atoms in total. The van der Waals surface area contributed by atoms with Crippen molar-refractivity contribution in [3.63, 3.8) is 0 Å². The Balaban J connectivity index is 2.60. The van der Waals surface area contributed by atoms with Gasteiger partial charge in [0.15, 0.2) is 5.75 Å². The Labute approximate surface area is 107 Å². The van der Waals surface area contributed by atoms with Gasteiger partial charge in [-0.25, -0.2) is 0 Å². The van der Waals surface area contributed by atoms with Crippen LogP contribution in [-0.2, 0) is 0 Å². The second kappa shape index (κ2) is 6.86. The van der Waals surface area contributed by atoms with E-state index < -0.39 is 0 Å². The van der Waals surface area contributed by atoms with E-state index in [4.69, 9.17) is 10.8 Å². The maximum Gasteiger partial charge on any atom is 0.257 e. The summed E-state index contributed by atoms with van der Waals surface area (Å²) in [6, 6.07) is 4.74. The first kappa shape index (κ1) is 14.3. The lowest BCUT2D eigenvalue weighted by Gasteiger charge is -2.18. The van der Waals surface area contributed by atoms with Gasteiger partial charge in [-0.3, -0.25) is 4.79 Å². The molecular formula is C13H20N2O3. The van der Waals surface area contributed by atoms with Gasteiger partial charge < -0.3 is 20.8 Å². The van der Waals surface area contributed by atoms with Gasteiger partial charge in [0.05, 0.1) is 11.3 Å². The minimum Gasteiger partial charge on any atom is -0.505 e. The van der Waals surface area contributed by atoms with Gasteiger partial charge in [0.2, 0.25) is 0 Å². The van der Waals surface area contributed by atoms with Crippen LogP contribution in [0.4, 0.5) is 5.69 Å². The molecule has 0 bridgehead atoms. The number of nitrogens with zero attached hydrogens (tertiary/aromatic N) is 1. The molecule has 0 saturated carbocycles. The maximum absolute atomic E-state index is 12.0. The SMILES string of the molecule is CN(CCCCCO)C(=O)c1cccc(N)c1O. The van der Waals surface area contributed by atoms with Crippen LogP contribution in [0, 0.1) is 0 Å². The van der Waals surface area contributed by atoms with Crippen LogP contribution >= 0.6 is 0 Å². The molecule has 0 aliphatic rings. The second-order valence-electron chi connectivity index (χ2n) is 4.25. The molecule has 0 unspecified atom stereocenters. The smallest absolute Gasteiger partial charge is 0.257 e. The molecule has 0 aromatic heterocycles. The highest BCUT2D eigenvalue weighted by molar-refractivity contribution is 5.98. The zero-order valence-electron chi connectivity index (χ0n) is 10.6. The van der Waals surface area contributed by atoms with Crippen molar-refractivity contribution in [3.8, 4) is 5.75 Å². The summed E-state index contributed by atoms with van der Waals surface area (Å²) in [7, 11) is 1.68. The largest absolute Gasteiger partial charge is 0.505 e. The average Bonchev–Trinajstić information content (AvgIpc) is 2.37. The molecule has 1 rings (SSSR count). The van der Waals surface area contributed by atoms with Crippen molar-refractivity contribution in [2.45, 2.75) is 19.3 Å². The standard InChI is InChI=1S/C13H20N2O3/c1-15(8-3-2-4-9-16)13(18)10-6-5-7-11(14)12(10)17/h5-7,16-17H,2-4,8-9,14H2,1H3. The zero-order chi connectivity index (χ0) is 13.5. The van der Waals surface area contributed by atoms with Crippen LogP contribution < -0.4 is 5.73 Å². The number of aliphatic hydroxyl groups is 1. The van der Waals surface area contributed by atoms with Crippen molar-refractivity contribution in [1.29, 1.82) is 0 Å². The van der Waals surface area contributed by atoms with Gasteiger partial charge in [-0.05, 0) is 31.4 Å². The number of hydrogen-bond acceptors (Lipinski definition) is 4. The van der Waals surface area contributed by atoms with Crippen molar-refractivity contribution >= 4 is 11.6 Å². The summed E-state index contributed by atoms with van der Waals surface area (Å²) in [5, 5.41) is 18.4. The number of anilines is 1. The zero-order valence-corrected chi connectivity index (χ0v) is 10.6. The fourth-order valence-corrected chi connectivity index (χ4v) is 1.68. The molecule has 100 valence electrons. The highest BCUT2D eigenvalue weighted by Gasteiger charge is 2.16. The lowest BCUT2D eigenvalue weighted by Crippen LogP contribution is -2.27. The van der Waals surface area contributed by atoms with Crippen LogP contribution in [0.3, 0.4) is 0 Å². The number of benzene rings is 1. The average molecular weight is 252 g/mol. The van der Waals surface area contributed by atoms with E-state index in [-0.39, 0.29) is 29.5 Å². The summed E-state index contributed by atoms with van der Waals surface area (Å²) in [5.41, 5.74) is 5.97. The third-order valence-corrected chi connectivity index (χ3v) is 2.80. The number of phenols is 1. The van der Waals surface area contributed by atoms with Crippen molar-refractivity contribution in [1.82, 2.24) is 4.90 Å². The molecular weight excluding hydrogens is 232 g/mol. The van der Waals surface area contributed by atoms with Gasteiger partial charge in [0.1, 0.15) is 0 Å². The number of unbranched alkanes of at least 4 members (excludes halogenated alkanes) is 2. The molecule has 1 aromatic carbocycles. The number of phenolic OH excluding ortho intramolecular Hbond substituents is 1. The first-order valence-electron chi connectivity index (χ1n) is 6.01. The summed E-state index contributed by atoms with van der Waals surface area (Å²) in [6.45, 7) is 0.765. The van der Waals surface area contributed by atoms with E-state index >= 15 is 0 Å². The van der Waals surface area contributed by atoms with E-state index in [1.807, 2.05) is 0 Å². The van der Waals surface area contributed by atoms with Gasteiger partial charge in [0, 0.05) is 20.2 Å². The van der Waals surface area contributed by atoms with E-state index in [0.29, 0.717) is 6.54 Å². The van der Waals surface area contributed by atoms with E-state index in [1.165, 1.54) is 0 Å². The Morgan fingerprint density at radius 1 is 1.33 bits per heavy atom. The number of aromatic hydroxyl groups is 1. The van der Waals surface area contributed by atoms with Crippen LogP contribution in [0.2, 0.25) is 0 Å². The highest BCUT2D eigenvalue weighted by atomic mass is 16.3. The minimum atomic E-state index is -0.246. The summed E-state index contributed by atoms with van der Waals surface area (Å²) in [5.74, 6) is -0.409. The molecule has 5 heteroatoms. The van der Waals surface area contributed by atoms with Crippen LogP contribution in [0.15, 0.2) is 18.2 Å². The molecule has 0 fully saturated rings. The lowest BCUT2D eigenvalue weighted by atomic mass is 10.1. The summed E-state index contributed by atoms with van der Waals surface area (Å²) in [4.78, 5) is 13.6. The number of aliphatic hydroxyl groups excluding tert-OH is 1. The first-order valence-corrected chi connectivity index (χ1v) is 6.01. The van der Waals surface area contributed by atoms with E-state index in [1.54, 1.807) is 30.1 Å². The van der Waals surface area contributed by atoms with Crippen molar-refractivity contribution in [2.75, 3.05) is 25.9 Å². The molecule has 0 heterocycles. The Bertz CT molecular complexity index is 407. The van der Waals surface area contributed by atoms with Gasteiger partial charge >= 0.3 is 0 Å². The number of carbonyl (C=O) groups is 1. The fraction of sp³-hybridized carbons (Fsp3) is 0.462. The van der Waals surface area contributed by atoms with Gasteiger partial charge in [-0.2, -0.15) is 0 Å². The number of nitrogen functional groups attached to an aromatic ring is 1. The van der Waals surface area contributed by atoms with Crippen molar-refractivity contribution < 1.29 is 15.0 Å². The van der Waals surface area contributed by atoms with E-state index in [2.05, 4.69) is 0 Å². The van der Waals surface area contributed by atoms with E-state index in [0.717, 1.165) is 19.3 Å². The van der Waals surface area contributed by atoms with Crippen molar-refractivity contribution in [3.05, 3.63) is 23.8 Å². The van der Waals surface area contributed by atoms with Gasteiger partial charge in [0.25, 0.3) is 5.91 Å². The Kier molecular flexibility index (Phi) is 5.45. The molecule has 0 aliphatic heterocycles. The molecule has 0 atom stereocenters. The summed E-state index contributed by atoms with van der Waals surface area (Å²) < 4.78 is 0. The third kappa shape index (κ3) is 3.63. The number of para-hydroxylation sites is 1. The second-order valence-corrected chi connectivity index (χ2v) is 4.25. The predicted molar refractivity (Wildman–Crippen MR) is 70.4 cm³/mol. The lowest BCUT2D eigenvalue weighted by molar-refractivity contribution is 0.0789. The van der Waals surface area contributed by atoms with Crippen LogP contribution in [0.5, 0.6) is 5.75 Å². The Hall–Kier alpha value is -1.75. The molecule has 4 N–H and O–H groups in total. The third-order valence-electron chi connectivity index (χ3n) is 2.80. The van der Waals surface area contributed by atoms with Gasteiger partial charge in [-0.15, -0.1) is 0 Å². The number of carbonyl (C=O) groups excluding carboxylic acids is 1. The number of nitrogens with two attached hydrogens (primary N) is 1. The van der Waals surface area contributed by atoms with Crippen LogP contribution in [-0.4, -0.2) is 41.2 Å². The van der Waals surface area contributed by atoms with Crippen molar-refractivity contribution in [2.24, 2.45) is 0 Å². The minimum absolute atomic E-state index is 0.162. The van der Waals surface area contributed by atoms with Crippen LogP contribution in [0.25, 0.3) is 0 Å². The molecule has 0 radical (unpaired) electrons. The monoisotopic (exact) mass is 252 g/mol. The quantitative estimate of drug-likeness (QED) is 0.403. The normalized spacial score (nSPS) is 10.3. The molecule has 0 saturated heterocycles. The number of amides is 1. The molecule has 0 aliphatic carbocycles. The summed E-state index contributed by atoms with van der Waals surface area (Å²) >= 11 is 0. The Morgan fingerprint density at radius 2 is 2.06 bits per heavy atom. The molecule has 1 amide bonds. The van der Waals surface area contributed by atoms with Gasteiger partial charge in [-0.1, -0.05) is 6.07 Å². The van der Waals surface area contributed by atoms with E-state index in [9.17, 15) is 9.90 Å². The first-order chi connectivity index (χ1) is 8.57. The molecule has 1 aromatic rings.